The molecule has 0 atom stereocenters. The lowest BCUT2D eigenvalue weighted by Gasteiger charge is -2.27. The predicted molar refractivity (Wildman–Crippen MR) is 69.4 cm³/mol. The Morgan fingerprint density at radius 2 is 2.22 bits per heavy atom. The topological polar surface area (TPSA) is 54.5 Å². The van der Waals surface area contributed by atoms with Gasteiger partial charge in [0.25, 0.3) is 0 Å². The van der Waals surface area contributed by atoms with Crippen LogP contribution in [0.3, 0.4) is 0 Å². The summed E-state index contributed by atoms with van der Waals surface area (Å²) in [5.74, 6) is 1.04. The van der Waals surface area contributed by atoms with Crippen molar-refractivity contribution in [2.24, 2.45) is 0 Å². The minimum atomic E-state index is 0.0623. The largest absolute Gasteiger partial charge is 0.378 e. The number of pyridine rings is 1. The average molecular weight is 249 g/mol. The van der Waals surface area contributed by atoms with Gasteiger partial charge >= 0.3 is 0 Å². The van der Waals surface area contributed by atoms with Gasteiger partial charge in [0.05, 0.1) is 13.2 Å². The molecule has 1 aliphatic rings. The maximum atomic E-state index is 11.1. The van der Waals surface area contributed by atoms with E-state index in [1.54, 1.807) is 0 Å². The minimum absolute atomic E-state index is 0.0623. The number of nitrogens with one attached hydrogen (secondary N) is 1. The predicted octanol–water partition coefficient (Wildman–Crippen LogP) is 0.944. The Balaban J connectivity index is 1.90. The first-order valence-electron chi connectivity index (χ1n) is 6.34. The molecule has 2 rings (SSSR count). The van der Waals surface area contributed by atoms with E-state index in [0.717, 1.165) is 37.7 Å². The van der Waals surface area contributed by atoms with Crippen LogP contribution in [0, 0.1) is 0 Å². The van der Waals surface area contributed by atoms with Crippen molar-refractivity contribution >= 4 is 11.7 Å². The van der Waals surface area contributed by atoms with Gasteiger partial charge in [-0.2, -0.15) is 0 Å². The maximum absolute atomic E-state index is 11.1. The van der Waals surface area contributed by atoms with Crippen molar-refractivity contribution in [3.8, 4) is 0 Å². The van der Waals surface area contributed by atoms with Gasteiger partial charge in [0.15, 0.2) is 0 Å². The fraction of sp³-hybridized carbons (Fsp3) is 0.538. The Kier molecular flexibility index (Phi) is 4.52. The van der Waals surface area contributed by atoms with Crippen LogP contribution in [0.25, 0.3) is 0 Å². The quantitative estimate of drug-likeness (QED) is 0.863. The van der Waals surface area contributed by atoms with E-state index < -0.39 is 0 Å². The van der Waals surface area contributed by atoms with Crippen molar-refractivity contribution in [2.45, 2.75) is 19.9 Å². The van der Waals surface area contributed by atoms with Gasteiger partial charge in [0, 0.05) is 32.3 Å². The van der Waals surface area contributed by atoms with Gasteiger partial charge in [-0.15, -0.1) is 0 Å². The normalized spacial score (nSPS) is 15.5. The van der Waals surface area contributed by atoms with Crippen molar-refractivity contribution in [2.75, 3.05) is 31.2 Å². The lowest BCUT2D eigenvalue weighted by Crippen LogP contribution is -2.36. The first-order chi connectivity index (χ1) is 8.79. The highest BCUT2D eigenvalue weighted by Gasteiger charge is 2.11. The first kappa shape index (κ1) is 12.8. The number of morpholine rings is 1. The zero-order valence-corrected chi connectivity index (χ0v) is 10.7. The van der Waals surface area contributed by atoms with Gasteiger partial charge < -0.3 is 15.0 Å². The number of nitrogens with zero attached hydrogens (tertiary/aromatic N) is 2. The highest BCUT2D eigenvalue weighted by atomic mass is 16.5. The SMILES string of the molecule is CCC(=O)NCc1ccc(N2CCOCC2)nc1. The molecule has 1 amide bonds. The molecule has 0 unspecified atom stereocenters. The Morgan fingerprint density at radius 1 is 1.44 bits per heavy atom. The van der Waals surface area contributed by atoms with E-state index in [-0.39, 0.29) is 5.91 Å². The molecule has 1 fully saturated rings. The maximum Gasteiger partial charge on any atom is 0.219 e. The standard InChI is InChI=1S/C13H19N3O2/c1-2-13(17)15-10-11-3-4-12(14-9-11)16-5-7-18-8-6-16/h3-4,9H,2,5-8,10H2,1H3,(H,15,17). The number of aromatic nitrogens is 1. The van der Waals surface area contributed by atoms with Gasteiger partial charge in [0.2, 0.25) is 5.91 Å². The molecule has 2 heterocycles. The third-order valence-electron chi connectivity index (χ3n) is 2.95. The van der Waals surface area contributed by atoms with Gasteiger partial charge in [0.1, 0.15) is 5.82 Å². The number of carbonyl (C=O) groups is 1. The third kappa shape index (κ3) is 3.43. The molecule has 5 heteroatoms. The summed E-state index contributed by atoms with van der Waals surface area (Å²) in [5.41, 5.74) is 1.02. The summed E-state index contributed by atoms with van der Waals surface area (Å²) in [6.45, 7) is 5.68. The van der Waals surface area contributed by atoms with Crippen LogP contribution in [0.15, 0.2) is 18.3 Å². The number of anilines is 1. The summed E-state index contributed by atoms with van der Waals surface area (Å²) in [7, 11) is 0. The number of carbonyl (C=O) groups excluding carboxylic acids is 1. The summed E-state index contributed by atoms with van der Waals surface area (Å²) in [6, 6.07) is 4.01. The Bertz CT molecular complexity index is 386. The first-order valence-corrected chi connectivity index (χ1v) is 6.34. The molecule has 0 radical (unpaired) electrons. The molecular formula is C13H19N3O2. The minimum Gasteiger partial charge on any atom is -0.378 e. The number of rotatable bonds is 4. The second-order valence-electron chi connectivity index (χ2n) is 4.25. The molecular weight excluding hydrogens is 230 g/mol. The number of hydrogen-bond acceptors (Lipinski definition) is 4. The lowest BCUT2D eigenvalue weighted by molar-refractivity contribution is -0.120. The zero-order chi connectivity index (χ0) is 12.8. The summed E-state index contributed by atoms with van der Waals surface area (Å²) < 4.78 is 5.31. The van der Waals surface area contributed by atoms with E-state index in [1.807, 2.05) is 25.3 Å². The molecule has 98 valence electrons. The fourth-order valence-electron chi connectivity index (χ4n) is 1.83. The van der Waals surface area contributed by atoms with Crippen LogP contribution in [-0.4, -0.2) is 37.2 Å². The van der Waals surface area contributed by atoms with Crippen LogP contribution in [0.2, 0.25) is 0 Å². The van der Waals surface area contributed by atoms with Crippen molar-refractivity contribution < 1.29 is 9.53 Å². The van der Waals surface area contributed by atoms with E-state index in [2.05, 4.69) is 15.2 Å². The lowest BCUT2D eigenvalue weighted by atomic mass is 10.2. The van der Waals surface area contributed by atoms with Crippen LogP contribution in [0.4, 0.5) is 5.82 Å². The zero-order valence-electron chi connectivity index (χ0n) is 10.7. The van der Waals surface area contributed by atoms with Crippen LogP contribution in [0.5, 0.6) is 0 Å². The van der Waals surface area contributed by atoms with Crippen molar-refractivity contribution in [1.82, 2.24) is 10.3 Å². The van der Waals surface area contributed by atoms with Gasteiger partial charge in [-0.25, -0.2) is 4.98 Å². The molecule has 0 aromatic carbocycles. The van der Waals surface area contributed by atoms with Crippen LogP contribution in [0.1, 0.15) is 18.9 Å². The molecule has 1 saturated heterocycles. The average Bonchev–Trinajstić information content (AvgIpc) is 2.46. The van der Waals surface area contributed by atoms with Crippen molar-refractivity contribution in [3.05, 3.63) is 23.9 Å². The number of hydrogen-bond donors (Lipinski definition) is 1. The second kappa shape index (κ2) is 6.35. The molecule has 0 aliphatic carbocycles. The van der Waals surface area contributed by atoms with E-state index in [9.17, 15) is 4.79 Å². The van der Waals surface area contributed by atoms with Crippen molar-refractivity contribution in [3.63, 3.8) is 0 Å². The second-order valence-corrected chi connectivity index (χ2v) is 4.25. The van der Waals surface area contributed by atoms with E-state index in [1.165, 1.54) is 0 Å². The number of ether oxygens (including phenoxy) is 1. The summed E-state index contributed by atoms with van der Waals surface area (Å²) in [4.78, 5) is 17.8. The monoisotopic (exact) mass is 249 g/mol. The van der Waals surface area contributed by atoms with Gasteiger partial charge in [-0.3, -0.25) is 4.79 Å². The van der Waals surface area contributed by atoms with Gasteiger partial charge in [-0.1, -0.05) is 13.0 Å². The smallest absolute Gasteiger partial charge is 0.219 e. The van der Waals surface area contributed by atoms with Crippen LogP contribution < -0.4 is 10.2 Å². The highest BCUT2D eigenvalue weighted by Crippen LogP contribution is 2.12. The summed E-state index contributed by atoms with van der Waals surface area (Å²) in [5, 5.41) is 2.84. The van der Waals surface area contributed by atoms with Crippen LogP contribution in [-0.2, 0) is 16.1 Å². The Labute approximate surface area is 107 Å². The Morgan fingerprint density at radius 3 is 2.83 bits per heavy atom. The van der Waals surface area contributed by atoms with Crippen molar-refractivity contribution in [1.29, 1.82) is 0 Å². The molecule has 5 nitrogen and oxygen atoms in total. The van der Waals surface area contributed by atoms with E-state index >= 15 is 0 Å². The summed E-state index contributed by atoms with van der Waals surface area (Å²) >= 11 is 0. The molecule has 1 aliphatic heterocycles. The number of amides is 1. The fourth-order valence-corrected chi connectivity index (χ4v) is 1.83. The molecule has 0 bridgehead atoms. The highest BCUT2D eigenvalue weighted by molar-refractivity contribution is 5.75. The summed E-state index contributed by atoms with van der Waals surface area (Å²) in [6.07, 6.45) is 2.33. The molecule has 1 aromatic rings. The molecule has 1 aromatic heterocycles. The molecule has 0 saturated carbocycles. The van der Waals surface area contributed by atoms with Crippen LogP contribution >= 0.6 is 0 Å². The molecule has 18 heavy (non-hydrogen) atoms. The van der Waals surface area contributed by atoms with Gasteiger partial charge in [-0.05, 0) is 11.6 Å². The molecule has 1 N–H and O–H groups in total. The van der Waals surface area contributed by atoms with E-state index in [4.69, 9.17) is 4.74 Å². The van der Waals surface area contributed by atoms with E-state index in [0.29, 0.717) is 13.0 Å². The Hall–Kier alpha value is -1.62. The third-order valence-corrected chi connectivity index (χ3v) is 2.95. The molecule has 0 spiro atoms.